The zero-order chi connectivity index (χ0) is 23.3. The van der Waals surface area contributed by atoms with Crippen molar-refractivity contribution in [3.05, 3.63) is 119 Å². The molecular formula is C32H35NO. The number of allylic oxidation sites excluding steroid dienone is 1. The van der Waals surface area contributed by atoms with Crippen molar-refractivity contribution in [1.29, 1.82) is 0 Å². The SMILES string of the molecule is CC1(C)C2CC=C(C[C@@H](O)[C@@H]3CN3C(c3ccccc3)(c3ccccc3)c3ccccc3)C1C2. The van der Waals surface area contributed by atoms with E-state index in [1.165, 1.54) is 35.1 Å². The summed E-state index contributed by atoms with van der Waals surface area (Å²) in [6.07, 6.45) is 5.38. The highest BCUT2D eigenvalue weighted by Gasteiger charge is 2.56. The summed E-state index contributed by atoms with van der Waals surface area (Å²) in [5.74, 6) is 1.48. The maximum atomic E-state index is 11.5. The second kappa shape index (κ2) is 8.22. The van der Waals surface area contributed by atoms with Crippen molar-refractivity contribution in [3.63, 3.8) is 0 Å². The van der Waals surface area contributed by atoms with E-state index in [0.29, 0.717) is 11.3 Å². The average Bonchev–Trinajstić information content (AvgIpc) is 3.68. The summed E-state index contributed by atoms with van der Waals surface area (Å²) in [4.78, 5) is 2.52. The van der Waals surface area contributed by atoms with Gasteiger partial charge in [0.15, 0.2) is 0 Å². The lowest BCUT2D eigenvalue weighted by Gasteiger charge is -2.56. The molecule has 2 bridgehead atoms. The van der Waals surface area contributed by atoms with Gasteiger partial charge in [-0.1, -0.05) is 116 Å². The lowest BCUT2D eigenvalue weighted by atomic mass is 9.48. The Morgan fingerprint density at radius 1 is 0.853 bits per heavy atom. The van der Waals surface area contributed by atoms with E-state index in [1.54, 1.807) is 0 Å². The molecule has 1 heterocycles. The first-order chi connectivity index (χ1) is 16.5. The molecule has 174 valence electrons. The fourth-order valence-corrected chi connectivity index (χ4v) is 6.99. The predicted octanol–water partition coefficient (Wildman–Crippen LogP) is 6.41. The van der Waals surface area contributed by atoms with Gasteiger partial charge in [0.05, 0.1) is 17.7 Å². The van der Waals surface area contributed by atoms with Gasteiger partial charge >= 0.3 is 0 Å². The summed E-state index contributed by atoms with van der Waals surface area (Å²) in [6.45, 7) is 5.73. The van der Waals surface area contributed by atoms with Gasteiger partial charge < -0.3 is 5.11 Å². The molecule has 0 radical (unpaired) electrons. The van der Waals surface area contributed by atoms with E-state index in [4.69, 9.17) is 0 Å². The Bertz CT molecular complexity index is 1070. The lowest BCUT2D eigenvalue weighted by molar-refractivity contribution is -0.0128. The molecule has 1 saturated heterocycles. The molecule has 3 unspecified atom stereocenters. The normalized spacial score (nSPS) is 27.9. The molecule has 0 amide bonds. The van der Waals surface area contributed by atoms with E-state index in [9.17, 15) is 5.11 Å². The van der Waals surface area contributed by atoms with E-state index >= 15 is 0 Å². The van der Waals surface area contributed by atoms with E-state index in [1.807, 2.05) is 0 Å². The van der Waals surface area contributed by atoms with Gasteiger partial charge in [-0.3, -0.25) is 4.90 Å². The van der Waals surface area contributed by atoms with Crippen LogP contribution in [0.5, 0.6) is 0 Å². The summed E-state index contributed by atoms with van der Waals surface area (Å²) >= 11 is 0. The Morgan fingerprint density at radius 2 is 1.35 bits per heavy atom. The van der Waals surface area contributed by atoms with Crippen LogP contribution in [-0.4, -0.2) is 28.7 Å². The number of aliphatic hydroxyl groups excluding tert-OH is 1. The van der Waals surface area contributed by atoms with Crippen molar-refractivity contribution in [2.75, 3.05) is 6.54 Å². The number of rotatable bonds is 7. The van der Waals surface area contributed by atoms with Crippen LogP contribution in [0.25, 0.3) is 0 Å². The monoisotopic (exact) mass is 449 g/mol. The summed E-state index contributed by atoms with van der Waals surface area (Å²) < 4.78 is 0. The highest BCUT2D eigenvalue weighted by molar-refractivity contribution is 5.51. The highest BCUT2D eigenvalue weighted by Crippen LogP contribution is 2.60. The van der Waals surface area contributed by atoms with Crippen molar-refractivity contribution in [3.8, 4) is 0 Å². The minimum atomic E-state index is -0.419. The molecule has 3 aromatic rings. The first-order valence-corrected chi connectivity index (χ1v) is 12.8. The maximum absolute atomic E-state index is 11.5. The third kappa shape index (κ3) is 3.31. The second-order valence-electron chi connectivity index (χ2n) is 11.1. The van der Waals surface area contributed by atoms with Crippen LogP contribution >= 0.6 is 0 Å². The van der Waals surface area contributed by atoms with Crippen molar-refractivity contribution in [1.82, 2.24) is 4.90 Å². The molecule has 5 atom stereocenters. The molecule has 2 heteroatoms. The first-order valence-electron chi connectivity index (χ1n) is 12.8. The largest absolute Gasteiger partial charge is 0.391 e. The summed E-state index contributed by atoms with van der Waals surface area (Å²) in [5, 5.41) is 11.5. The first kappa shape index (κ1) is 21.8. The van der Waals surface area contributed by atoms with Crippen LogP contribution in [0.4, 0.5) is 0 Å². The van der Waals surface area contributed by atoms with Crippen LogP contribution in [0, 0.1) is 17.3 Å². The van der Waals surface area contributed by atoms with Crippen LogP contribution in [0.1, 0.15) is 49.8 Å². The quantitative estimate of drug-likeness (QED) is 0.256. The maximum Gasteiger partial charge on any atom is 0.0977 e. The Morgan fingerprint density at radius 3 is 1.79 bits per heavy atom. The number of fused-ring (bicyclic) bond motifs is 1. The van der Waals surface area contributed by atoms with Gasteiger partial charge in [0.2, 0.25) is 0 Å². The standard InChI is InChI=1S/C32H35NO/c1-31(2)27-19-18-23(28(31)21-27)20-30(34)29-22-33(29)32(24-12-6-3-7-13-24,25-14-8-4-9-15-25)26-16-10-5-11-17-26/h3-18,27-30,34H,19-22H2,1-2H3/t27?,28?,29-,30+,33?/m0/s1. The molecule has 4 aliphatic rings. The molecule has 1 aliphatic heterocycles. The van der Waals surface area contributed by atoms with Gasteiger partial charge in [0.1, 0.15) is 0 Å². The average molecular weight is 450 g/mol. The van der Waals surface area contributed by atoms with Crippen LogP contribution in [-0.2, 0) is 5.54 Å². The number of hydrogen-bond acceptors (Lipinski definition) is 2. The summed E-state index contributed by atoms with van der Waals surface area (Å²) in [5.41, 5.74) is 5.23. The second-order valence-corrected chi connectivity index (χ2v) is 11.1. The minimum Gasteiger partial charge on any atom is -0.391 e. The van der Waals surface area contributed by atoms with E-state index < -0.39 is 5.54 Å². The number of aliphatic hydroxyl groups is 1. The summed E-state index contributed by atoms with van der Waals surface area (Å²) in [7, 11) is 0. The molecule has 34 heavy (non-hydrogen) atoms. The van der Waals surface area contributed by atoms with Gasteiger partial charge in [0, 0.05) is 6.54 Å². The van der Waals surface area contributed by atoms with Crippen LogP contribution in [0.3, 0.4) is 0 Å². The molecular weight excluding hydrogens is 414 g/mol. The van der Waals surface area contributed by atoms with Gasteiger partial charge in [-0.15, -0.1) is 0 Å². The topological polar surface area (TPSA) is 23.2 Å². The molecule has 1 saturated carbocycles. The van der Waals surface area contributed by atoms with Gasteiger partial charge in [0.25, 0.3) is 0 Å². The predicted molar refractivity (Wildman–Crippen MR) is 138 cm³/mol. The molecule has 0 spiro atoms. The Hall–Kier alpha value is -2.68. The molecule has 2 fully saturated rings. The van der Waals surface area contributed by atoms with Crippen LogP contribution in [0.2, 0.25) is 0 Å². The van der Waals surface area contributed by atoms with E-state index in [2.05, 4.69) is 116 Å². The fraction of sp³-hybridized carbons (Fsp3) is 0.375. The Kier molecular flexibility index (Phi) is 5.28. The fourth-order valence-electron chi connectivity index (χ4n) is 6.99. The number of hydrogen-bond donors (Lipinski definition) is 1. The minimum absolute atomic E-state index is 0.141. The molecule has 1 N–H and O–H groups in total. The molecule has 0 aromatic heterocycles. The Labute approximate surface area is 204 Å². The van der Waals surface area contributed by atoms with Crippen molar-refractivity contribution < 1.29 is 5.11 Å². The molecule has 3 aliphatic carbocycles. The van der Waals surface area contributed by atoms with E-state index in [-0.39, 0.29) is 12.1 Å². The lowest BCUT2D eigenvalue weighted by Crippen LogP contribution is -2.48. The third-order valence-electron chi connectivity index (χ3n) is 9.13. The number of benzene rings is 3. The highest BCUT2D eigenvalue weighted by atomic mass is 16.3. The van der Waals surface area contributed by atoms with Gasteiger partial charge in [-0.05, 0) is 53.2 Å². The third-order valence-corrected chi connectivity index (χ3v) is 9.13. The molecule has 7 rings (SSSR count). The molecule has 2 nitrogen and oxygen atoms in total. The van der Waals surface area contributed by atoms with Crippen LogP contribution < -0.4 is 0 Å². The smallest absolute Gasteiger partial charge is 0.0977 e. The summed E-state index contributed by atoms with van der Waals surface area (Å²) in [6, 6.07) is 32.6. The zero-order valence-electron chi connectivity index (χ0n) is 20.3. The molecule has 3 aromatic carbocycles. The number of nitrogens with zero attached hydrogens (tertiary/aromatic N) is 1. The van der Waals surface area contributed by atoms with Crippen LogP contribution in [0.15, 0.2) is 103 Å². The van der Waals surface area contributed by atoms with Gasteiger partial charge in [-0.2, -0.15) is 0 Å². The zero-order valence-corrected chi connectivity index (χ0v) is 20.3. The Balaban J connectivity index is 1.38. The van der Waals surface area contributed by atoms with Crippen molar-refractivity contribution in [2.45, 2.75) is 50.8 Å². The van der Waals surface area contributed by atoms with Gasteiger partial charge in [-0.25, -0.2) is 0 Å². The van der Waals surface area contributed by atoms with Crippen molar-refractivity contribution >= 4 is 0 Å². The van der Waals surface area contributed by atoms with E-state index in [0.717, 1.165) is 18.9 Å². The van der Waals surface area contributed by atoms with Crippen molar-refractivity contribution in [2.24, 2.45) is 17.3 Å².